The number of oxime groups is 1. The van der Waals surface area contributed by atoms with Crippen molar-refractivity contribution in [3.8, 4) is 0 Å². The number of ketones is 1. The fraction of sp³-hybridized carbons (Fsp3) is 0.647. The topological polar surface area (TPSA) is 58.9 Å². The molecule has 4 nitrogen and oxygen atoms in total. The summed E-state index contributed by atoms with van der Waals surface area (Å²) in [6.45, 7) is 4.28. The van der Waals surface area contributed by atoms with Crippen molar-refractivity contribution in [1.29, 1.82) is 0 Å². The Morgan fingerprint density at radius 2 is 2.26 bits per heavy atom. The zero-order valence-electron chi connectivity index (χ0n) is 13.9. The molecule has 0 radical (unpaired) electrons. The molecule has 23 heavy (non-hydrogen) atoms. The molecule has 1 aliphatic rings. The number of nitrogens with zero attached hydrogens (tertiary/aromatic N) is 1. The van der Waals surface area contributed by atoms with Crippen LogP contribution >= 0.6 is 23.4 Å². The Bertz CT molecular complexity index is 474. The highest BCUT2D eigenvalue weighted by Gasteiger charge is 2.30. The van der Waals surface area contributed by atoms with Crippen LogP contribution in [0.1, 0.15) is 46.0 Å². The molecule has 0 spiro atoms. The van der Waals surface area contributed by atoms with Crippen LogP contribution in [0.2, 0.25) is 0 Å². The van der Waals surface area contributed by atoms with E-state index in [1.165, 1.54) is 5.54 Å². The van der Waals surface area contributed by atoms with Crippen LogP contribution in [0, 0.1) is 5.92 Å². The molecule has 6 heteroatoms. The lowest BCUT2D eigenvalue weighted by Crippen LogP contribution is -2.24. The SMILES string of the molecule is CCSCCCC1CC(=O)C(C(CC)=NOC/C=C/Cl)=C(O)C1. The summed E-state index contributed by atoms with van der Waals surface area (Å²) in [6.07, 6.45) is 5.25. The minimum Gasteiger partial charge on any atom is -0.511 e. The Morgan fingerprint density at radius 1 is 1.48 bits per heavy atom. The Morgan fingerprint density at radius 3 is 2.87 bits per heavy atom. The van der Waals surface area contributed by atoms with E-state index in [0.29, 0.717) is 30.5 Å². The first-order valence-electron chi connectivity index (χ1n) is 8.11. The summed E-state index contributed by atoms with van der Waals surface area (Å²) in [5.41, 5.74) is 2.21. The number of Topliss-reactive ketones (excluding diaryl/α,β-unsaturated/α-hetero) is 1. The predicted octanol–water partition coefficient (Wildman–Crippen LogP) is 4.85. The van der Waals surface area contributed by atoms with Crippen LogP contribution in [0.25, 0.3) is 0 Å². The van der Waals surface area contributed by atoms with Gasteiger partial charge in [-0.05, 0) is 42.8 Å². The van der Waals surface area contributed by atoms with E-state index in [4.69, 9.17) is 16.4 Å². The maximum atomic E-state index is 12.4. The average Bonchev–Trinajstić information content (AvgIpc) is 2.53. The van der Waals surface area contributed by atoms with Gasteiger partial charge in [-0.2, -0.15) is 11.8 Å². The second kappa shape index (κ2) is 11.6. The molecule has 0 amide bonds. The van der Waals surface area contributed by atoms with Crippen molar-refractivity contribution in [1.82, 2.24) is 0 Å². The molecule has 0 aromatic rings. The lowest BCUT2D eigenvalue weighted by Gasteiger charge is -2.23. The van der Waals surface area contributed by atoms with Crippen LogP contribution in [-0.2, 0) is 9.63 Å². The summed E-state index contributed by atoms with van der Waals surface area (Å²) in [6, 6.07) is 0. The standard InChI is InChI=1S/C17H26ClNO3S/c1-3-14(19-22-9-6-8-18)17-15(20)11-13(12-16(17)21)7-5-10-23-4-2/h6,8,13,20H,3-5,7,9-12H2,1-2H3/b8-6+,19-14?. The molecule has 1 aliphatic carbocycles. The van der Waals surface area contributed by atoms with Crippen molar-refractivity contribution in [2.45, 2.75) is 46.0 Å². The van der Waals surface area contributed by atoms with E-state index in [9.17, 15) is 9.90 Å². The van der Waals surface area contributed by atoms with Gasteiger partial charge in [0.1, 0.15) is 12.4 Å². The molecule has 1 rings (SSSR count). The molecule has 0 saturated carbocycles. The molecule has 0 aromatic carbocycles. The van der Waals surface area contributed by atoms with E-state index in [1.807, 2.05) is 18.7 Å². The molecule has 0 fully saturated rings. The van der Waals surface area contributed by atoms with Crippen LogP contribution in [0.5, 0.6) is 0 Å². The summed E-state index contributed by atoms with van der Waals surface area (Å²) in [5.74, 6) is 2.60. The fourth-order valence-electron chi connectivity index (χ4n) is 2.60. The molecule has 0 heterocycles. The maximum absolute atomic E-state index is 12.4. The van der Waals surface area contributed by atoms with Gasteiger partial charge in [-0.25, -0.2) is 0 Å². The van der Waals surface area contributed by atoms with E-state index >= 15 is 0 Å². The zero-order valence-corrected chi connectivity index (χ0v) is 15.5. The van der Waals surface area contributed by atoms with Gasteiger partial charge in [0.15, 0.2) is 5.78 Å². The van der Waals surface area contributed by atoms with E-state index in [2.05, 4.69) is 12.1 Å². The summed E-state index contributed by atoms with van der Waals surface area (Å²) in [7, 11) is 0. The summed E-state index contributed by atoms with van der Waals surface area (Å²) in [5, 5.41) is 14.3. The number of aliphatic hydroxyl groups excluding tert-OH is 1. The van der Waals surface area contributed by atoms with Crippen molar-refractivity contribution in [2.24, 2.45) is 11.1 Å². The van der Waals surface area contributed by atoms with Gasteiger partial charge in [0, 0.05) is 18.4 Å². The van der Waals surface area contributed by atoms with Gasteiger partial charge < -0.3 is 9.94 Å². The Balaban J connectivity index is 2.68. The third-order valence-electron chi connectivity index (χ3n) is 3.69. The van der Waals surface area contributed by atoms with Gasteiger partial charge in [-0.15, -0.1) is 0 Å². The highest BCUT2D eigenvalue weighted by atomic mass is 35.5. The van der Waals surface area contributed by atoms with Crippen LogP contribution in [-0.4, -0.2) is 34.7 Å². The molecular weight excluding hydrogens is 334 g/mol. The van der Waals surface area contributed by atoms with Crippen molar-refractivity contribution in [3.05, 3.63) is 22.9 Å². The normalized spacial score (nSPS) is 19.7. The predicted molar refractivity (Wildman–Crippen MR) is 98.3 cm³/mol. The lowest BCUT2D eigenvalue weighted by molar-refractivity contribution is -0.116. The first-order valence-corrected chi connectivity index (χ1v) is 9.70. The lowest BCUT2D eigenvalue weighted by atomic mass is 9.82. The fourth-order valence-corrected chi connectivity index (χ4v) is 3.34. The second-order valence-corrected chi connectivity index (χ2v) is 7.05. The number of carbonyl (C=O) groups is 1. The van der Waals surface area contributed by atoms with Gasteiger partial charge in [-0.1, -0.05) is 30.6 Å². The highest BCUT2D eigenvalue weighted by Crippen LogP contribution is 2.30. The number of thioether (sulfide) groups is 1. The maximum Gasteiger partial charge on any atom is 0.168 e. The number of carbonyl (C=O) groups excluding carboxylic acids is 1. The van der Waals surface area contributed by atoms with E-state index in [0.717, 1.165) is 24.3 Å². The summed E-state index contributed by atoms with van der Waals surface area (Å²) >= 11 is 7.32. The van der Waals surface area contributed by atoms with Gasteiger partial charge in [0.2, 0.25) is 0 Å². The Kier molecular flexibility index (Phi) is 10.1. The minimum atomic E-state index is -0.0287. The van der Waals surface area contributed by atoms with Crippen molar-refractivity contribution in [2.75, 3.05) is 18.1 Å². The van der Waals surface area contributed by atoms with Gasteiger partial charge >= 0.3 is 0 Å². The molecule has 0 aliphatic heterocycles. The molecule has 1 N–H and O–H groups in total. The minimum absolute atomic E-state index is 0.0287. The van der Waals surface area contributed by atoms with Gasteiger partial charge in [-0.3, -0.25) is 4.79 Å². The number of hydrogen-bond acceptors (Lipinski definition) is 5. The molecule has 0 saturated heterocycles. The number of halogens is 1. The van der Waals surface area contributed by atoms with Crippen molar-refractivity contribution < 1.29 is 14.7 Å². The second-order valence-electron chi connectivity index (χ2n) is 5.41. The van der Waals surface area contributed by atoms with Crippen LogP contribution < -0.4 is 0 Å². The molecular formula is C17H26ClNO3S. The van der Waals surface area contributed by atoms with Crippen molar-refractivity contribution >= 4 is 34.9 Å². The average molecular weight is 360 g/mol. The third kappa shape index (κ3) is 7.00. The van der Waals surface area contributed by atoms with Crippen LogP contribution in [0.3, 0.4) is 0 Å². The van der Waals surface area contributed by atoms with Gasteiger partial charge in [0.25, 0.3) is 0 Å². The number of hydrogen-bond donors (Lipinski definition) is 1. The first kappa shape index (κ1) is 20.1. The quantitative estimate of drug-likeness (QED) is 0.344. The molecule has 1 unspecified atom stereocenters. The first-order chi connectivity index (χ1) is 11.1. The van der Waals surface area contributed by atoms with Crippen LogP contribution in [0.4, 0.5) is 0 Å². The van der Waals surface area contributed by atoms with Gasteiger partial charge in [0.05, 0.1) is 11.3 Å². The molecule has 1 atom stereocenters. The Labute approximate surface area is 148 Å². The van der Waals surface area contributed by atoms with Crippen LogP contribution in [0.15, 0.2) is 28.1 Å². The zero-order chi connectivity index (χ0) is 17.1. The monoisotopic (exact) mass is 359 g/mol. The smallest absolute Gasteiger partial charge is 0.168 e. The van der Waals surface area contributed by atoms with E-state index < -0.39 is 0 Å². The molecule has 0 aromatic heterocycles. The largest absolute Gasteiger partial charge is 0.511 e. The highest BCUT2D eigenvalue weighted by molar-refractivity contribution is 7.99. The van der Waals surface area contributed by atoms with E-state index in [-0.39, 0.29) is 24.1 Å². The third-order valence-corrected chi connectivity index (χ3v) is 4.85. The summed E-state index contributed by atoms with van der Waals surface area (Å²) < 4.78 is 0. The number of allylic oxidation sites excluding steroid dienone is 2. The molecule has 0 bridgehead atoms. The Hall–Kier alpha value is -0.940. The molecule has 130 valence electrons. The van der Waals surface area contributed by atoms with Crippen molar-refractivity contribution in [3.63, 3.8) is 0 Å². The number of rotatable bonds is 10. The van der Waals surface area contributed by atoms with E-state index in [1.54, 1.807) is 6.08 Å². The summed E-state index contributed by atoms with van der Waals surface area (Å²) in [4.78, 5) is 17.5. The number of aliphatic hydroxyl groups is 1.